The van der Waals surface area contributed by atoms with Gasteiger partial charge in [0.2, 0.25) is 0 Å². The first kappa shape index (κ1) is 19.4. The molecule has 0 saturated heterocycles. The average molecular weight is 376 g/mol. The highest BCUT2D eigenvalue weighted by Gasteiger charge is 2.25. The minimum absolute atomic E-state index is 0.0489. The van der Waals surface area contributed by atoms with Crippen LogP contribution in [0.1, 0.15) is 19.4 Å². The summed E-state index contributed by atoms with van der Waals surface area (Å²) >= 11 is 5.74. The van der Waals surface area contributed by atoms with Gasteiger partial charge < -0.3 is 10.2 Å². The quantitative estimate of drug-likeness (QED) is 0.490. The first-order chi connectivity index (χ1) is 12.3. The fourth-order valence-electron chi connectivity index (χ4n) is 2.31. The number of amides is 2. The lowest BCUT2D eigenvalue weighted by atomic mass is 10.2. The first-order valence-corrected chi connectivity index (χ1v) is 8.27. The van der Waals surface area contributed by atoms with Gasteiger partial charge in [-0.3, -0.25) is 19.7 Å². The summed E-state index contributed by atoms with van der Waals surface area (Å²) in [6.45, 7) is 3.90. The van der Waals surface area contributed by atoms with Gasteiger partial charge in [-0.25, -0.2) is 0 Å². The van der Waals surface area contributed by atoms with E-state index in [4.69, 9.17) is 11.6 Å². The van der Waals surface area contributed by atoms with E-state index in [9.17, 15) is 19.7 Å². The molecule has 0 unspecified atom stereocenters. The van der Waals surface area contributed by atoms with Crippen molar-refractivity contribution in [1.29, 1.82) is 0 Å². The van der Waals surface area contributed by atoms with Crippen LogP contribution in [0.4, 0.5) is 11.4 Å². The van der Waals surface area contributed by atoms with Crippen molar-refractivity contribution in [3.05, 3.63) is 69.2 Å². The van der Waals surface area contributed by atoms with Crippen LogP contribution in [-0.2, 0) is 16.1 Å². The molecular weight excluding hydrogens is 358 g/mol. The normalized spacial score (nSPS) is 10.5. The molecule has 0 saturated carbocycles. The number of benzene rings is 2. The Kier molecular flexibility index (Phi) is 6.30. The Morgan fingerprint density at radius 1 is 1.19 bits per heavy atom. The zero-order chi connectivity index (χ0) is 19.3. The number of nitrogens with zero attached hydrogens (tertiary/aromatic N) is 2. The van der Waals surface area contributed by atoms with Gasteiger partial charge in [-0.05, 0) is 31.5 Å². The van der Waals surface area contributed by atoms with Crippen LogP contribution in [0, 0.1) is 10.1 Å². The van der Waals surface area contributed by atoms with Crippen LogP contribution < -0.4 is 5.32 Å². The number of hydrogen-bond acceptors (Lipinski definition) is 4. The molecule has 2 rings (SSSR count). The Hall–Kier alpha value is -2.93. The minimum Gasteiger partial charge on any atom is -0.328 e. The van der Waals surface area contributed by atoms with Gasteiger partial charge in [0.25, 0.3) is 5.69 Å². The van der Waals surface area contributed by atoms with E-state index < -0.39 is 16.7 Å². The molecule has 0 radical (unpaired) electrons. The predicted octanol–water partition coefficient (Wildman–Crippen LogP) is 3.62. The molecule has 0 spiro atoms. The van der Waals surface area contributed by atoms with Crippen molar-refractivity contribution in [2.24, 2.45) is 0 Å². The van der Waals surface area contributed by atoms with E-state index in [2.05, 4.69) is 5.32 Å². The highest BCUT2D eigenvalue weighted by Crippen LogP contribution is 2.27. The third-order valence-electron chi connectivity index (χ3n) is 3.67. The summed E-state index contributed by atoms with van der Waals surface area (Å²) in [5.41, 5.74) is 0.675. The summed E-state index contributed by atoms with van der Waals surface area (Å²) in [6.07, 6.45) is 0. The van der Waals surface area contributed by atoms with E-state index in [1.807, 2.05) is 30.3 Å². The van der Waals surface area contributed by atoms with E-state index in [0.29, 0.717) is 0 Å². The van der Waals surface area contributed by atoms with E-state index in [0.717, 1.165) is 11.6 Å². The molecule has 8 heteroatoms. The lowest BCUT2D eigenvalue weighted by Crippen LogP contribution is -2.43. The smallest absolute Gasteiger partial charge is 0.313 e. The second kappa shape index (κ2) is 8.44. The van der Waals surface area contributed by atoms with E-state index in [1.165, 1.54) is 17.0 Å². The second-order valence-corrected chi connectivity index (χ2v) is 6.30. The number of carbonyl (C=O) groups is 2. The van der Waals surface area contributed by atoms with Gasteiger partial charge in [-0.15, -0.1) is 0 Å². The van der Waals surface area contributed by atoms with Crippen molar-refractivity contribution >= 4 is 34.8 Å². The van der Waals surface area contributed by atoms with Crippen LogP contribution in [0.5, 0.6) is 0 Å². The van der Waals surface area contributed by atoms with Crippen LogP contribution >= 0.6 is 11.6 Å². The molecule has 0 fully saturated rings. The van der Waals surface area contributed by atoms with Gasteiger partial charge in [-0.1, -0.05) is 41.9 Å². The number of rotatable bonds is 5. The molecule has 2 aromatic rings. The minimum atomic E-state index is -0.869. The standard InChI is InChI=1S/C18H18ClN3O4/c1-12(2)21(11-13-6-4-3-5-7-13)18(24)17(23)20-14-8-9-15(19)16(10-14)22(25)26/h3-10,12H,11H2,1-2H3,(H,20,23). The van der Waals surface area contributed by atoms with Crippen LogP contribution in [0.15, 0.2) is 48.5 Å². The summed E-state index contributed by atoms with van der Waals surface area (Å²) in [6, 6.07) is 12.9. The molecule has 0 aliphatic heterocycles. The maximum Gasteiger partial charge on any atom is 0.313 e. The molecule has 0 bridgehead atoms. The summed E-state index contributed by atoms with van der Waals surface area (Å²) in [4.78, 5) is 36.5. The van der Waals surface area contributed by atoms with Crippen molar-refractivity contribution in [2.45, 2.75) is 26.4 Å². The van der Waals surface area contributed by atoms with E-state index >= 15 is 0 Å². The van der Waals surface area contributed by atoms with Crippen molar-refractivity contribution in [2.75, 3.05) is 5.32 Å². The molecule has 2 aromatic carbocycles. The van der Waals surface area contributed by atoms with Crippen molar-refractivity contribution < 1.29 is 14.5 Å². The van der Waals surface area contributed by atoms with E-state index in [1.54, 1.807) is 13.8 Å². The van der Waals surface area contributed by atoms with Gasteiger partial charge >= 0.3 is 11.8 Å². The molecule has 0 atom stereocenters. The molecule has 1 N–H and O–H groups in total. The average Bonchev–Trinajstić information content (AvgIpc) is 2.61. The molecule has 136 valence electrons. The van der Waals surface area contributed by atoms with E-state index in [-0.39, 0.29) is 29.0 Å². The maximum absolute atomic E-state index is 12.5. The zero-order valence-corrected chi connectivity index (χ0v) is 15.1. The lowest BCUT2D eigenvalue weighted by Gasteiger charge is -2.26. The molecule has 0 heterocycles. The Balaban J connectivity index is 2.15. The fourth-order valence-corrected chi connectivity index (χ4v) is 2.50. The summed E-state index contributed by atoms with van der Waals surface area (Å²) < 4.78 is 0. The highest BCUT2D eigenvalue weighted by atomic mass is 35.5. The fraction of sp³-hybridized carbons (Fsp3) is 0.222. The number of halogens is 1. The Morgan fingerprint density at radius 2 is 1.85 bits per heavy atom. The number of carbonyl (C=O) groups excluding carboxylic acids is 2. The Bertz CT molecular complexity index is 824. The summed E-state index contributed by atoms with van der Waals surface area (Å²) in [5, 5.41) is 13.3. The summed E-state index contributed by atoms with van der Waals surface area (Å²) in [7, 11) is 0. The van der Waals surface area contributed by atoms with Crippen molar-refractivity contribution in [3.8, 4) is 0 Å². The number of anilines is 1. The molecule has 0 aliphatic rings. The maximum atomic E-state index is 12.5. The first-order valence-electron chi connectivity index (χ1n) is 7.89. The van der Waals surface area contributed by atoms with Crippen molar-refractivity contribution in [1.82, 2.24) is 4.90 Å². The van der Waals surface area contributed by atoms with Gasteiger partial charge in [0.15, 0.2) is 0 Å². The van der Waals surface area contributed by atoms with Gasteiger partial charge in [0, 0.05) is 24.3 Å². The number of hydrogen-bond donors (Lipinski definition) is 1. The molecule has 2 amide bonds. The molecule has 0 aliphatic carbocycles. The molecule has 0 aromatic heterocycles. The number of nitro groups is 1. The van der Waals surface area contributed by atoms with Gasteiger partial charge in [0.05, 0.1) is 4.92 Å². The lowest BCUT2D eigenvalue weighted by molar-refractivity contribution is -0.384. The van der Waals surface area contributed by atoms with Crippen LogP contribution in [0.25, 0.3) is 0 Å². The predicted molar refractivity (Wildman–Crippen MR) is 98.9 cm³/mol. The molecule has 7 nitrogen and oxygen atoms in total. The highest BCUT2D eigenvalue weighted by molar-refractivity contribution is 6.39. The Labute approximate surface area is 155 Å². The zero-order valence-electron chi connectivity index (χ0n) is 14.3. The number of nitro benzene ring substituents is 1. The van der Waals surface area contributed by atoms with Crippen LogP contribution in [0.3, 0.4) is 0 Å². The SMILES string of the molecule is CC(C)N(Cc1ccccc1)C(=O)C(=O)Nc1ccc(Cl)c([N+](=O)[O-])c1. The topological polar surface area (TPSA) is 92.6 Å². The Morgan fingerprint density at radius 3 is 2.42 bits per heavy atom. The second-order valence-electron chi connectivity index (χ2n) is 5.89. The largest absolute Gasteiger partial charge is 0.328 e. The number of nitrogens with one attached hydrogen (secondary N) is 1. The molecular formula is C18H18ClN3O4. The third-order valence-corrected chi connectivity index (χ3v) is 3.99. The van der Waals surface area contributed by atoms with Gasteiger partial charge in [-0.2, -0.15) is 0 Å². The summed E-state index contributed by atoms with van der Waals surface area (Å²) in [5.74, 6) is -1.59. The van der Waals surface area contributed by atoms with Gasteiger partial charge in [0.1, 0.15) is 5.02 Å². The van der Waals surface area contributed by atoms with Crippen LogP contribution in [0.2, 0.25) is 5.02 Å². The molecule has 26 heavy (non-hydrogen) atoms. The monoisotopic (exact) mass is 375 g/mol. The van der Waals surface area contributed by atoms with Crippen molar-refractivity contribution in [3.63, 3.8) is 0 Å². The third kappa shape index (κ3) is 4.80. The van der Waals surface area contributed by atoms with Crippen LogP contribution in [-0.4, -0.2) is 27.7 Å².